The van der Waals surface area contributed by atoms with Crippen molar-refractivity contribution in [3.05, 3.63) is 88.7 Å². The van der Waals surface area contributed by atoms with Crippen molar-refractivity contribution in [1.29, 1.82) is 0 Å². The molecule has 1 N–H and O–H groups in total. The number of benzene rings is 3. The zero-order valence-corrected chi connectivity index (χ0v) is 19.1. The average molecular weight is 423 g/mol. The van der Waals surface area contributed by atoms with Crippen molar-refractivity contribution < 1.29 is 9.50 Å². The first kappa shape index (κ1) is 22.6. The molecule has 0 bridgehead atoms. The second-order valence-corrected chi connectivity index (χ2v) is 9.33. The molecule has 3 heteroatoms. The maximum absolute atomic E-state index is 13.3. The number of hydrogen-bond donors (Lipinski definition) is 1. The Labute approximate surface area is 184 Å². The van der Waals surface area contributed by atoms with Gasteiger partial charge in [-0.05, 0) is 75.9 Å². The van der Waals surface area contributed by atoms with Crippen LogP contribution >= 0.6 is 11.8 Å². The van der Waals surface area contributed by atoms with Crippen LogP contribution in [0.15, 0.2) is 65.6 Å². The maximum atomic E-state index is 13.3. The van der Waals surface area contributed by atoms with Gasteiger partial charge >= 0.3 is 0 Å². The summed E-state index contributed by atoms with van der Waals surface area (Å²) in [6.07, 6.45) is 0.643. The summed E-state index contributed by atoms with van der Waals surface area (Å²) in [7, 11) is 0. The molecule has 3 aromatic rings. The highest BCUT2D eigenvalue weighted by Gasteiger charge is 2.22. The van der Waals surface area contributed by atoms with E-state index >= 15 is 0 Å². The fourth-order valence-corrected chi connectivity index (χ4v) is 4.97. The molecule has 158 valence electrons. The van der Waals surface area contributed by atoms with Gasteiger partial charge < -0.3 is 5.11 Å². The van der Waals surface area contributed by atoms with E-state index in [1.807, 2.05) is 18.2 Å². The Morgan fingerprint density at radius 3 is 2.00 bits per heavy atom. The Kier molecular flexibility index (Phi) is 7.74. The molecular weight excluding hydrogens is 391 g/mol. The molecule has 0 fully saturated rings. The molecular formula is C27H31FOS. The summed E-state index contributed by atoms with van der Waals surface area (Å²) in [5.74, 6) is 1.36. The standard InChI is InChI=1S/C27H31FOS/c1-18(2)24-16-25(19(3)4)26(17-30-22-12-10-21(28)11-13-22)27(23(24)14-15-29)20-8-6-5-7-9-20/h5-13,16,18-19,29H,14-15,17H2,1-4H3. The van der Waals surface area contributed by atoms with Crippen LogP contribution in [0.4, 0.5) is 4.39 Å². The monoisotopic (exact) mass is 422 g/mol. The first-order valence-corrected chi connectivity index (χ1v) is 11.6. The predicted octanol–water partition coefficient (Wildman–Crippen LogP) is 7.57. The van der Waals surface area contributed by atoms with Gasteiger partial charge in [-0.1, -0.05) is 64.1 Å². The highest BCUT2D eigenvalue weighted by atomic mass is 32.2. The summed E-state index contributed by atoms with van der Waals surface area (Å²) in [4.78, 5) is 1.06. The second-order valence-electron chi connectivity index (χ2n) is 8.28. The van der Waals surface area contributed by atoms with Gasteiger partial charge in [0.2, 0.25) is 0 Å². The van der Waals surface area contributed by atoms with Crippen LogP contribution in [0, 0.1) is 5.82 Å². The van der Waals surface area contributed by atoms with Gasteiger partial charge in [-0.3, -0.25) is 0 Å². The first-order chi connectivity index (χ1) is 14.4. The molecule has 0 saturated carbocycles. The summed E-state index contributed by atoms with van der Waals surface area (Å²) < 4.78 is 13.3. The zero-order chi connectivity index (χ0) is 21.7. The Morgan fingerprint density at radius 1 is 0.833 bits per heavy atom. The lowest BCUT2D eigenvalue weighted by Gasteiger charge is -2.26. The number of hydrogen-bond acceptors (Lipinski definition) is 2. The van der Waals surface area contributed by atoms with E-state index in [4.69, 9.17) is 0 Å². The van der Waals surface area contributed by atoms with E-state index in [9.17, 15) is 9.50 Å². The van der Waals surface area contributed by atoms with Crippen molar-refractivity contribution >= 4 is 11.8 Å². The molecule has 0 atom stereocenters. The quantitative estimate of drug-likeness (QED) is 0.378. The van der Waals surface area contributed by atoms with E-state index < -0.39 is 0 Å². The lowest BCUT2D eigenvalue weighted by molar-refractivity contribution is 0.299. The van der Waals surface area contributed by atoms with Gasteiger partial charge in [-0.25, -0.2) is 4.39 Å². The van der Waals surface area contributed by atoms with E-state index in [1.165, 1.54) is 45.5 Å². The summed E-state index contributed by atoms with van der Waals surface area (Å²) >= 11 is 1.73. The Bertz CT molecular complexity index is 962. The number of halogens is 1. The molecule has 0 saturated heterocycles. The lowest BCUT2D eigenvalue weighted by Crippen LogP contribution is -2.09. The van der Waals surface area contributed by atoms with Crippen LogP contribution in [0.1, 0.15) is 61.8 Å². The zero-order valence-electron chi connectivity index (χ0n) is 18.3. The van der Waals surface area contributed by atoms with Gasteiger partial charge in [0.1, 0.15) is 5.82 Å². The highest BCUT2D eigenvalue weighted by molar-refractivity contribution is 7.98. The van der Waals surface area contributed by atoms with Gasteiger partial charge in [0.25, 0.3) is 0 Å². The third-order valence-electron chi connectivity index (χ3n) is 5.48. The smallest absolute Gasteiger partial charge is 0.123 e. The molecule has 0 aliphatic carbocycles. The van der Waals surface area contributed by atoms with Gasteiger partial charge in [0.05, 0.1) is 0 Å². The third kappa shape index (κ3) is 5.14. The van der Waals surface area contributed by atoms with Gasteiger partial charge in [0.15, 0.2) is 0 Å². The van der Waals surface area contributed by atoms with Crippen molar-refractivity contribution in [2.45, 2.75) is 56.6 Å². The van der Waals surface area contributed by atoms with E-state index in [-0.39, 0.29) is 12.4 Å². The van der Waals surface area contributed by atoms with Crippen molar-refractivity contribution in [2.24, 2.45) is 0 Å². The molecule has 0 radical (unpaired) electrons. The van der Waals surface area contributed by atoms with E-state index in [2.05, 4.69) is 58.0 Å². The van der Waals surface area contributed by atoms with E-state index in [1.54, 1.807) is 11.8 Å². The van der Waals surface area contributed by atoms with E-state index in [0.717, 1.165) is 10.6 Å². The van der Waals surface area contributed by atoms with Crippen LogP contribution < -0.4 is 0 Å². The molecule has 0 spiro atoms. The van der Waals surface area contributed by atoms with Gasteiger partial charge in [0, 0.05) is 17.3 Å². The van der Waals surface area contributed by atoms with Crippen LogP contribution in [0.2, 0.25) is 0 Å². The molecule has 0 unspecified atom stereocenters. The van der Waals surface area contributed by atoms with Crippen LogP contribution in [-0.2, 0) is 12.2 Å². The summed E-state index contributed by atoms with van der Waals surface area (Å²) in [6.45, 7) is 9.06. The molecule has 0 aromatic heterocycles. The largest absolute Gasteiger partial charge is 0.396 e. The van der Waals surface area contributed by atoms with E-state index in [0.29, 0.717) is 18.3 Å². The molecule has 0 amide bonds. The van der Waals surface area contributed by atoms with Crippen LogP contribution in [0.25, 0.3) is 11.1 Å². The molecule has 0 heterocycles. The minimum atomic E-state index is -0.210. The first-order valence-electron chi connectivity index (χ1n) is 10.7. The molecule has 0 aliphatic heterocycles. The summed E-state index contributed by atoms with van der Waals surface area (Å²) in [5.41, 5.74) is 7.70. The fourth-order valence-electron chi connectivity index (χ4n) is 4.02. The normalized spacial score (nSPS) is 11.5. The minimum absolute atomic E-state index is 0.130. The number of thioether (sulfide) groups is 1. The second kappa shape index (κ2) is 10.3. The van der Waals surface area contributed by atoms with Crippen LogP contribution in [-0.4, -0.2) is 11.7 Å². The topological polar surface area (TPSA) is 20.2 Å². The van der Waals surface area contributed by atoms with Gasteiger partial charge in [-0.15, -0.1) is 11.8 Å². The van der Waals surface area contributed by atoms with Crippen LogP contribution in [0.3, 0.4) is 0 Å². The van der Waals surface area contributed by atoms with Crippen LogP contribution in [0.5, 0.6) is 0 Å². The molecule has 1 nitrogen and oxygen atoms in total. The number of rotatable bonds is 8. The molecule has 30 heavy (non-hydrogen) atoms. The summed E-state index contributed by atoms with van der Waals surface area (Å²) in [6, 6.07) is 19.6. The number of aliphatic hydroxyl groups is 1. The van der Waals surface area contributed by atoms with Gasteiger partial charge in [-0.2, -0.15) is 0 Å². The Hall–Kier alpha value is -2.10. The van der Waals surface area contributed by atoms with Crippen molar-refractivity contribution in [3.8, 4) is 11.1 Å². The SMILES string of the molecule is CC(C)c1cc(C(C)C)c(CSc2ccc(F)cc2)c(-c2ccccc2)c1CCO. The number of aliphatic hydroxyl groups excluding tert-OH is 1. The third-order valence-corrected chi connectivity index (χ3v) is 6.52. The minimum Gasteiger partial charge on any atom is -0.396 e. The van der Waals surface area contributed by atoms with Crippen molar-refractivity contribution in [1.82, 2.24) is 0 Å². The maximum Gasteiger partial charge on any atom is 0.123 e. The summed E-state index contributed by atoms with van der Waals surface area (Å²) in [5, 5.41) is 9.86. The molecule has 0 aliphatic rings. The lowest BCUT2D eigenvalue weighted by atomic mass is 9.81. The Morgan fingerprint density at radius 2 is 1.43 bits per heavy atom. The Balaban J connectivity index is 2.20. The predicted molar refractivity (Wildman–Crippen MR) is 127 cm³/mol. The fraction of sp³-hybridized carbons (Fsp3) is 0.333. The molecule has 3 aromatic carbocycles. The highest BCUT2D eigenvalue weighted by Crippen LogP contribution is 2.41. The molecule has 3 rings (SSSR count). The van der Waals surface area contributed by atoms with Crippen molar-refractivity contribution in [3.63, 3.8) is 0 Å². The van der Waals surface area contributed by atoms with Crippen molar-refractivity contribution in [2.75, 3.05) is 6.61 Å². The average Bonchev–Trinajstić information content (AvgIpc) is 2.73.